The molecular formula is C15H22N2O2. The molecule has 1 saturated carbocycles. The summed E-state index contributed by atoms with van der Waals surface area (Å²) in [6.45, 7) is 1.95. The number of likely N-dealkylation sites (N-methyl/N-ethyl adjacent to an activating group) is 1. The molecule has 0 radical (unpaired) electrons. The molecule has 1 aromatic carbocycles. The number of likely N-dealkylation sites (tertiary alicyclic amines) is 1. The molecule has 19 heavy (non-hydrogen) atoms. The highest BCUT2D eigenvalue weighted by molar-refractivity contribution is 5.45. The summed E-state index contributed by atoms with van der Waals surface area (Å²) >= 11 is 0. The van der Waals surface area contributed by atoms with Crippen LogP contribution in [0.15, 0.2) is 18.2 Å². The standard InChI is InChI=1S/C15H22N2O2/c1-17-9-12(10-17)19-14-8-11(4-5-13(14)18-2)15(16)6-3-7-15/h4-5,8,12H,3,6-7,9-10,16H2,1-2H3. The van der Waals surface area contributed by atoms with Crippen LogP contribution in [0.3, 0.4) is 0 Å². The number of ether oxygens (including phenoxy) is 2. The summed E-state index contributed by atoms with van der Waals surface area (Å²) in [5, 5.41) is 0. The van der Waals surface area contributed by atoms with Crippen LogP contribution in [0.2, 0.25) is 0 Å². The van der Waals surface area contributed by atoms with Crippen LogP contribution in [0.5, 0.6) is 11.5 Å². The van der Waals surface area contributed by atoms with Gasteiger partial charge in [-0.3, -0.25) is 4.90 Å². The predicted molar refractivity (Wildman–Crippen MR) is 74.6 cm³/mol. The van der Waals surface area contributed by atoms with Gasteiger partial charge in [-0.1, -0.05) is 6.07 Å². The highest BCUT2D eigenvalue weighted by Crippen LogP contribution is 2.42. The van der Waals surface area contributed by atoms with Gasteiger partial charge in [-0.15, -0.1) is 0 Å². The largest absolute Gasteiger partial charge is 0.493 e. The Morgan fingerprint density at radius 3 is 2.53 bits per heavy atom. The van der Waals surface area contributed by atoms with Crippen molar-refractivity contribution in [3.05, 3.63) is 23.8 Å². The third-order valence-corrected chi connectivity index (χ3v) is 4.31. The first-order chi connectivity index (χ1) is 9.10. The van der Waals surface area contributed by atoms with Crippen LogP contribution in [-0.2, 0) is 5.54 Å². The Bertz CT molecular complexity index is 465. The van der Waals surface area contributed by atoms with Gasteiger partial charge in [-0.05, 0) is 44.0 Å². The van der Waals surface area contributed by atoms with E-state index >= 15 is 0 Å². The molecular weight excluding hydrogens is 240 g/mol. The van der Waals surface area contributed by atoms with E-state index in [9.17, 15) is 0 Å². The van der Waals surface area contributed by atoms with Crippen molar-refractivity contribution in [2.24, 2.45) is 5.73 Å². The van der Waals surface area contributed by atoms with Crippen molar-refractivity contribution >= 4 is 0 Å². The second-order valence-corrected chi connectivity index (χ2v) is 5.84. The van der Waals surface area contributed by atoms with Gasteiger partial charge in [-0.2, -0.15) is 0 Å². The smallest absolute Gasteiger partial charge is 0.162 e. The fourth-order valence-electron chi connectivity index (χ4n) is 2.82. The van der Waals surface area contributed by atoms with Gasteiger partial charge in [0.05, 0.1) is 7.11 Å². The molecule has 0 aromatic heterocycles. The molecule has 0 spiro atoms. The van der Waals surface area contributed by atoms with E-state index in [1.54, 1.807) is 7.11 Å². The van der Waals surface area contributed by atoms with Crippen molar-refractivity contribution < 1.29 is 9.47 Å². The van der Waals surface area contributed by atoms with Gasteiger partial charge in [0.15, 0.2) is 11.5 Å². The minimum atomic E-state index is -0.152. The van der Waals surface area contributed by atoms with Crippen molar-refractivity contribution in [1.29, 1.82) is 0 Å². The molecule has 1 heterocycles. The molecule has 104 valence electrons. The van der Waals surface area contributed by atoms with Crippen LogP contribution in [0, 0.1) is 0 Å². The van der Waals surface area contributed by atoms with E-state index in [0.717, 1.165) is 37.4 Å². The minimum Gasteiger partial charge on any atom is -0.493 e. The van der Waals surface area contributed by atoms with E-state index < -0.39 is 0 Å². The topological polar surface area (TPSA) is 47.7 Å². The molecule has 2 N–H and O–H groups in total. The van der Waals surface area contributed by atoms with Gasteiger partial charge >= 0.3 is 0 Å². The summed E-state index contributed by atoms with van der Waals surface area (Å²) in [4.78, 5) is 2.23. The molecule has 2 fully saturated rings. The highest BCUT2D eigenvalue weighted by Gasteiger charge is 2.35. The molecule has 0 amide bonds. The number of hydrogen-bond acceptors (Lipinski definition) is 4. The maximum Gasteiger partial charge on any atom is 0.162 e. The van der Waals surface area contributed by atoms with Gasteiger partial charge in [0.25, 0.3) is 0 Å². The molecule has 2 aliphatic rings. The van der Waals surface area contributed by atoms with Crippen LogP contribution in [0.4, 0.5) is 0 Å². The van der Waals surface area contributed by atoms with Gasteiger partial charge in [0.2, 0.25) is 0 Å². The van der Waals surface area contributed by atoms with Crippen molar-refractivity contribution in [3.63, 3.8) is 0 Å². The van der Waals surface area contributed by atoms with Crippen LogP contribution >= 0.6 is 0 Å². The Hall–Kier alpha value is -1.26. The average molecular weight is 262 g/mol. The molecule has 1 aliphatic heterocycles. The van der Waals surface area contributed by atoms with E-state index in [1.807, 2.05) is 6.07 Å². The number of nitrogens with two attached hydrogens (primary N) is 1. The van der Waals surface area contributed by atoms with Crippen molar-refractivity contribution in [2.45, 2.75) is 30.9 Å². The first-order valence-corrected chi connectivity index (χ1v) is 6.93. The zero-order chi connectivity index (χ0) is 13.5. The Kier molecular flexibility index (Phi) is 3.15. The molecule has 0 unspecified atom stereocenters. The number of rotatable bonds is 4. The van der Waals surface area contributed by atoms with Gasteiger partial charge in [0.1, 0.15) is 6.10 Å². The molecule has 1 aliphatic carbocycles. The molecule has 4 heteroatoms. The summed E-state index contributed by atoms with van der Waals surface area (Å²) in [5.74, 6) is 1.62. The Balaban J connectivity index is 1.81. The van der Waals surface area contributed by atoms with Crippen LogP contribution in [0.1, 0.15) is 24.8 Å². The normalized spacial score (nSPS) is 22.5. The van der Waals surface area contributed by atoms with Crippen LogP contribution in [-0.4, -0.2) is 38.3 Å². The average Bonchev–Trinajstić information content (AvgIpc) is 2.34. The quantitative estimate of drug-likeness (QED) is 0.897. The first kappa shape index (κ1) is 12.8. The predicted octanol–water partition coefficient (Wildman–Crippen LogP) is 1.73. The SMILES string of the molecule is COc1ccc(C2(N)CCC2)cc1OC1CN(C)C1. The molecule has 0 bridgehead atoms. The fourth-order valence-corrected chi connectivity index (χ4v) is 2.82. The number of methoxy groups -OCH3 is 1. The second kappa shape index (κ2) is 4.69. The Morgan fingerprint density at radius 1 is 1.26 bits per heavy atom. The lowest BCUT2D eigenvalue weighted by molar-refractivity contribution is 0.0367. The molecule has 1 saturated heterocycles. The summed E-state index contributed by atoms with van der Waals surface area (Å²) in [6.07, 6.45) is 3.60. The summed E-state index contributed by atoms with van der Waals surface area (Å²) in [7, 11) is 3.77. The van der Waals surface area contributed by atoms with Gasteiger partial charge in [-0.25, -0.2) is 0 Å². The lowest BCUT2D eigenvalue weighted by atomic mass is 9.73. The van der Waals surface area contributed by atoms with E-state index in [4.69, 9.17) is 15.2 Å². The van der Waals surface area contributed by atoms with Crippen molar-refractivity contribution in [2.75, 3.05) is 27.2 Å². The number of hydrogen-bond donors (Lipinski definition) is 1. The summed E-state index contributed by atoms with van der Waals surface area (Å²) in [6, 6.07) is 6.11. The van der Waals surface area contributed by atoms with Crippen LogP contribution < -0.4 is 15.2 Å². The lowest BCUT2D eigenvalue weighted by Gasteiger charge is -2.39. The molecule has 3 rings (SSSR count). The summed E-state index contributed by atoms with van der Waals surface area (Å²) < 4.78 is 11.4. The number of nitrogens with zero attached hydrogens (tertiary/aromatic N) is 1. The van der Waals surface area contributed by atoms with E-state index in [-0.39, 0.29) is 11.6 Å². The van der Waals surface area contributed by atoms with E-state index in [0.29, 0.717) is 0 Å². The Morgan fingerprint density at radius 2 is 2.00 bits per heavy atom. The van der Waals surface area contributed by atoms with Gasteiger partial charge < -0.3 is 15.2 Å². The maximum absolute atomic E-state index is 6.38. The third-order valence-electron chi connectivity index (χ3n) is 4.31. The molecule has 0 atom stereocenters. The monoisotopic (exact) mass is 262 g/mol. The second-order valence-electron chi connectivity index (χ2n) is 5.84. The zero-order valence-electron chi connectivity index (χ0n) is 11.7. The highest BCUT2D eigenvalue weighted by atomic mass is 16.5. The minimum absolute atomic E-state index is 0.152. The molecule has 1 aromatic rings. The van der Waals surface area contributed by atoms with Crippen molar-refractivity contribution in [1.82, 2.24) is 4.90 Å². The zero-order valence-corrected chi connectivity index (χ0v) is 11.7. The Labute approximate surface area is 114 Å². The third kappa shape index (κ3) is 2.30. The van der Waals surface area contributed by atoms with E-state index in [2.05, 4.69) is 24.1 Å². The maximum atomic E-state index is 6.38. The first-order valence-electron chi connectivity index (χ1n) is 6.93. The summed E-state index contributed by atoms with van der Waals surface area (Å²) in [5.41, 5.74) is 7.40. The molecule has 4 nitrogen and oxygen atoms in total. The van der Waals surface area contributed by atoms with E-state index in [1.165, 1.54) is 12.0 Å². The fraction of sp³-hybridized carbons (Fsp3) is 0.600. The van der Waals surface area contributed by atoms with Crippen molar-refractivity contribution in [3.8, 4) is 11.5 Å². The van der Waals surface area contributed by atoms with Gasteiger partial charge in [0, 0.05) is 18.6 Å². The van der Waals surface area contributed by atoms with Crippen LogP contribution in [0.25, 0.3) is 0 Å². The lowest BCUT2D eigenvalue weighted by Crippen LogP contribution is -2.51. The number of benzene rings is 1.